The summed E-state index contributed by atoms with van der Waals surface area (Å²) in [6, 6.07) is 0. The van der Waals surface area contributed by atoms with Gasteiger partial charge in [-0.2, -0.15) is 0 Å². The van der Waals surface area contributed by atoms with Gasteiger partial charge in [0.15, 0.2) is 0 Å². The van der Waals surface area contributed by atoms with Crippen LogP contribution >= 0.6 is 0 Å². The molecule has 2 atom stereocenters. The van der Waals surface area contributed by atoms with Crippen molar-refractivity contribution in [2.24, 2.45) is 11.8 Å². The number of allylic oxidation sites excluding steroid dienone is 1. The molecule has 0 spiro atoms. The fourth-order valence-corrected chi connectivity index (χ4v) is 2.01. The van der Waals surface area contributed by atoms with E-state index in [1.54, 1.807) is 6.08 Å². The van der Waals surface area contributed by atoms with Gasteiger partial charge < -0.3 is 24.1 Å². The summed E-state index contributed by atoms with van der Waals surface area (Å²) in [4.78, 5) is 11.9. The number of carbonyl (C=O) groups is 1. The second kappa shape index (κ2) is 10.4. The van der Waals surface area contributed by atoms with E-state index < -0.39 is 12.3 Å². The monoisotopic (exact) mass is 314 g/mol. The molecule has 22 heavy (non-hydrogen) atoms. The SMILES string of the molecule is C=CCOC(=O)C1=C[C@@H](C(C)C)C[C@@H](OCCOCCO)O1. The number of aliphatic hydroxyl groups is 1. The first-order valence-electron chi connectivity index (χ1n) is 7.55. The van der Waals surface area contributed by atoms with Crippen LogP contribution in [0.5, 0.6) is 0 Å². The third-order valence-electron chi connectivity index (χ3n) is 3.25. The largest absolute Gasteiger partial charge is 0.458 e. The van der Waals surface area contributed by atoms with Crippen LogP contribution in [0.3, 0.4) is 0 Å². The van der Waals surface area contributed by atoms with Gasteiger partial charge in [-0.05, 0) is 17.9 Å². The maximum absolute atomic E-state index is 11.9. The van der Waals surface area contributed by atoms with Crippen molar-refractivity contribution < 1.29 is 28.8 Å². The number of hydrogen-bond donors (Lipinski definition) is 1. The van der Waals surface area contributed by atoms with E-state index in [9.17, 15) is 4.79 Å². The fraction of sp³-hybridized carbons (Fsp3) is 0.688. The van der Waals surface area contributed by atoms with Crippen molar-refractivity contribution in [1.29, 1.82) is 0 Å². The lowest BCUT2D eigenvalue weighted by Gasteiger charge is -2.30. The Morgan fingerprint density at radius 3 is 2.91 bits per heavy atom. The normalized spacial score (nSPS) is 21.2. The molecular formula is C16H26O6. The van der Waals surface area contributed by atoms with Crippen LogP contribution in [-0.4, -0.2) is 50.4 Å². The number of carbonyl (C=O) groups excluding carboxylic acids is 1. The Morgan fingerprint density at radius 1 is 1.50 bits per heavy atom. The van der Waals surface area contributed by atoms with Crippen LogP contribution in [0, 0.1) is 11.8 Å². The Bertz CT molecular complexity index is 377. The number of esters is 1. The van der Waals surface area contributed by atoms with Gasteiger partial charge in [0.05, 0.1) is 26.4 Å². The van der Waals surface area contributed by atoms with E-state index in [-0.39, 0.29) is 31.5 Å². The zero-order valence-electron chi connectivity index (χ0n) is 13.3. The summed E-state index contributed by atoms with van der Waals surface area (Å²) < 4.78 is 21.3. The maximum atomic E-state index is 11.9. The van der Waals surface area contributed by atoms with Gasteiger partial charge in [0.2, 0.25) is 12.0 Å². The molecular weight excluding hydrogens is 288 g/mol. The second-order valence-electron chi connectivity index (χ2n) is 5.32. The van der Waals surface area contributed by atoms with E-state index in [0.29, 0.717) is 25.6 Å². The van der Waals surface area contributed by atoms with E-state index in [2.05, 4.69) is 20.4 Å². The molecule has 126 valence electrons. The van der Waals surface area contributed by atoms with E-state index in [1.807, 2.05) is 0 Å². The van der Waals surface area contributed by atoms with Gasteiger partial charge >= 0.3 is 5.97 Å². The average molecular weight is 314 g/mol. The number of aliphatic hydroxyl groups excluding tert-OH is 1. The Morgan fingerprint density at radius 2 is 2.27 bits per heavy atom. The van der Waals surface area contributed by atoms with Crippen molar-refractivity contribution in [2.45, 2.75) is 26.6 Å². The molecule has 6 nitrogen and oxygen atoms in total. The Balaban J connectivity index is 2.53. The summed E-state index contributed by atoms with van der Waals surface area (Å²) in [5.41, 5.74) is 0. The number of ether oxygens (including phenoxy) is 4. The van der Waals surface area contributed by atoms with E-state index in [0.717, 1.165) is 0 Å². The molecule has 0 bridgehead atoms. The molecule has 0 aromatic carbocycles. The molecule has 0 radical (unpaired) electrons. The zero-order valence-corrected chi connectivity index (χ0v) is 13.3. The Hall–Kier alpha value is -1.37. The lowest BCUT2D eigenvalue weighted by molar-refractivity contribution is -0.166. The average Bonchev–Trinajstić information content (AvgIpc) is 2.52. The summed E-state index contributed by atoms with van der Waals surface area (Å²) in [6.45, 7) is 8.79. The van der Waals surface area contributed by atoms with Crippen LogP contribution in [0.15, 0.2) is 24.5 Å². The van der Waals surface area contributed by atoms with E-state index in [1.165, 1.54) is 6.08 Å². The van der Waals surface area contributed by atoms with Gasteiger partial charge in [-0.15, -0.1) is 0 Å². The molecule has 0 aromatic rings. The molecule has 1 aliphatic heterocycles. The number of hydrogen-bond acceptors (Lipinski definition) is 6. The molecule has 0 unspecified atom stereocenters. The molecule has 1 N–H and O–H groups in total. The quantitative estimate of drug-likeness (QED) is 0.375. The second-order valence-corrected chi connectivity index (χ2v) is 5.32. The third kappa shape index (κ3) is 6.60. The Labute approximate surface area is 131 Å². The predicted octanol–water partition coefficient (Wildman–Crippen LogP) is 1.64. The molecule has 0 aromatic heterocycles. The molecule has 0 saturated heterocycles. The fourth-order valence-electron chi connectivity index (χ4n) is 2.01. The minimum absolute atomic E-state index is 0.0165. The third-order valence-corrected chi connectivity index (χ3v) is 3.25. The standard InChI is InChI=1S/C16H26O6/c1-4-6-21-16(18)14-10-13(12(2)3)11-15(22-14)20-9-8-19-7-5-17/h4,10,12-13,15,17H,1,5-9,11H2,2-3H3/t13-,15+/m1/s1. The smallest absolute Gasteiger partial charge is 0.373 e. The number of rotatable bonds is 10. The summed E-state index contributed by atoms with van der Waals surface area (Å²) >= 11 is 0. The summed E-state index contributed by atoms with van der Waals surface area (Å²) in [5, 5.41) is 8.62. The first-order chi connectivity index (χ1) is 10.6. The van der Waals surface area contributed by atoms with Crippen LogP contribution in [0.2, 0.25) is 0 Å². The van der Waals surface area contributed by atoms with Crippen molar-refractivity contribution >= 4 is 5.97 Å². The van der Waals surface area contributed by atoms with Crippen LogP contribution in [0.4, 0.5) is 0 Å². The first kappa shape index (κ1) is 18.7. The van der Waals surface area contributed by atoms with Gasteiger partial charge in [0, 0.05) is 6.42 Å². The van der Waals surface area contributed by atoms with Crippen molar-refractivity contribution in [3.63, 3.8) is 0 Å². The van der Waals surface area contributed by atoms with Crippen molar-refractivity contribution in [3.8, 4) is 0 Å². The van der Waals surface area contributed by atoms with Gasteiger partial charge in [0.1, 0.15) is 6.61 Å². The minimum atomic E-state index is -0.504. The van der Waals surface area contributed by atoms with E-state index in [4.69, 9.17) is 24.1 Å². The maximum Gasteiger partial charge on any atom is 0.373 e. The molecule has 0 aliphatic carbocycles. The lowest BCUT2D eigenvalue weighted by Crippen LogP contribution is -2.31. The summed E-state index contributed by atoms with van der Waals surface area (Å²) in [6.07, 6.45) is 3.49. The van der Waals surface area contributed by atoms with Crippen LogP contribution in [0.1, 0.15) is 20.3 Å². The highest BCUT2D eigenvalue weighted by Gasteiger charge is 2.29. The van der Waals surface area contributed by atoms with Crippen LogP contribution in [0.25, 0.3) is 0 Å². The minimum Gasteiger partial charge on any atom is -0.458 e. The Kier molecular flexibility index (Phi) is 8.81. The highest BCUT2D eigenvalue weighted by molar-refractivity contribution is 5.86. The van der Waals surface area contributed by atoms with Gasteiger partial charge in [-0.1, -0.05) is 26.5 Å². The van der Waals surface area contributed by atoms with Crippen molar-refractivity contribution in [3.05, 3.63) is 24.5 Å². The van der Waals surface area contributed by atoms with Gasteiger partial charge in [0.25, 0.3) is 0 Å². The molecule has 1 rings (SSSR count). The highest BCUT2D eigenvalue weighted by Crippen LogP contribution is 2.29. The topological polar surface area (TPSA) is 74.2 Å². The van der Waals surface area contributed by atoms with Crippen molar-refractivity contribution in [1.82, 2.24) is 0 Å². The molecule has 6 heteroatoms. The van der Waals surface area contributed by atoms with Gasteiger partial charge in [-0.25, -0.2) is 4.79 Å². The molecule has 1 aliphatic rings. The first-order valence-corrected chi connectivity index (χ1v) is 7.55. The molecule has 0 saturated carbocycles. The van der Waals surface area contributed by atoms with Crippen LogP contribution < -0.4 is 0 Å². The highest BCUT2D eigenvalue weighted by atomic mass is 16.7. The lowest BCUT2D eigenvalue weighted by atomic mass is 9.90. The molecule has 0 fully saturated rings. The molecule has 1 heterocycles. The molecule has 0 amide bonds. The van der Waals surface area contributed by atoms with E-state index >= 15 is 0 Å². The van der Waals surface area contributed by atoms with Crippen LogP contribution in [-0.2, 0) is 23.7 Å². The van der Waals surface area contributed by atoms with Gasteiger partial charge in [-0.3, -0.25) is 0 Å². The summed E-state index contributed by atoms with van der Waals surface area (Å²) in [7, 11) is 0. The van der Waals surface area contributed by atoms with Crippen molar-refractivity contribution in [2.75, 3.05) is 33.0 Å². The zero-order chi connectivity index (χ0) is 16.4. The summed E-state index contributed by atoms with van der Waals surface area (Å²) in [5.74, 6) is 0.231. The predicted molar refractivity (Wildman–Crippen MR) is 80.9 cm³/mol.